The van der Waals surface area contributed by atoms with Crippen LogP contribution in [0.3, 0.4) is 0 Å². The maximum Gasteiger partial charge on any atom is 0.254 e. The van der Waals surface area contributed by atoms with Crippen molar-refractivity contribution in [3.05, 3.63) is 71.3 Å². The van der Waals surface area contributed by atoms with Crippen LogP contribution in [0.15, 0.2) is 54.6 Å². The lowest BCUT2D eigenvalue weighted by Crippen LogP contribution is -2.55. The molecule has 2 fully saturated rings. The van der Waals surface area contributed by atoms with Crippen molar-refractivity contribution in [1.82, 2.24) is 10.2 Å². The second-order valence-electron chi connectivity index (χ2n) is 7.83. The summed E-state index contributed by atoms with van der Waals surface area (Å²) in [5, 5.41) is 3.61. The van der Waals surface area contributed by atoms with Gasteiger partial charge >= 0.3 is 0 Å². The molecule has 1 N–H and O–H groups in total. The molecule has 4 rings (SSSR count). The normalized spacial score (nSPS) is 26.0. The SMILES string of the molecule is Cc1cccc(C(=O)N2CCCCCC23CNCC3c2ccccc2)c1. The fourth-order valence-corrected chi connectivity index (χ4v) is 4.88. The van der Waals surface area contributed by atoms with Crippen LogP contribution in [0.4, 0.5) is 0 Å². The maximum atomic E-state index is 13.5. The van der Waals surface area contributed by atoms with Crippen molar-refractivity contribution in [3.8, 4) is 0 Å². The lowest BCUT2D eigenvalue weighted by atomic mass is 9.77. The van der Waals surface area contributed by atoms with Crippen LogP contribution in [0.5, 0.6) is 0 Å². The van der Waals surface area contributed by atoms with E-state index in [9.17, 15) is 4.79 Å². The van der Waals surface area contributed by atoms with E-state index in [1.807, 2.05) is 18.2 Å². The molecule has 2 aliphatic heterocycles. The summed E-state index contributed by atoms with van der Waals surface area (Å²) in [7, 11) is 0. The number of nitrogens with one attached hydrogen (secondary N) is 1. The number of hydrogen-bond donors (Lipinski definition) is 1. The molecule has 2 atom stereocenters. The van der Waals surface area contributed by atoms with E-state index in [2.05, 4.69) is 53.5 Å². The van der Waals surface area contributed by atoms with Gasteiger partial charge in [0, 0.05) is 31.1 Å². The lowest BCUT2D eigenvalue weighted by Gasteiger charge is -2.44. The van der Waals surface area contributed by atoms with Gasteiger partial charge in [0.25, 0.3) is 5.91 Å². The third-order valence-corrected chi connectivity index (χ3v) is 6.17. The van der Waals surface area contributed by atoms with Crippen LogP contribution in [-0.2, 0) is 0 Å². The Hall–Kier alpha value is -2.13. The largest absolute Gasteiger partial charge is 0.331 e. The number of carbonyl (C=O) groups excluding carboxylic acids is 1. The Balaban J connectivity index is 1.74. The molecule has 0 saturated carbocycles. The summed E-state index contributed by atoms with van der Waals surface area (Å²) in [6.07, 6.45) is 4.58. The Morgan fingerprint density at radius 3 is 2.73 bits per heavy atom. The summed E-state index contributed by atoms with van der Waals surface area (Å²) in [6.45, 7) is 4.75. The molecule has 2 saturated heterocycles. The molecule has 0 aromatic heterocycles. The van der Waals surface area contributed by atoms with Gasteiger partial charge < -0.3 is 10.2 Å². The predicted octanol–water partition coefficient (Wildman–Crippen LogP) is 4.14. The zero-order valence-electron chi connectivity index (χ0n) is 15.6. The molecular formula is C23H28N2O. The molecule has 1 amide bonds. The summed E-state index contributed by atoms with van der Waals surface area (Å²) in [6, 6.07) is 18.8. The highest BCUT2D eigenvalue weighted by molar-refractivity contribution is 5.95. The van der Waals surface area contributed by atoms with Crippen LogP contribution in [0.2, 0.25) is 0 Å². The fraction of sp³-hybridized carbons (Fsp3) is 0.435. The van der Waals surface area contributed by atoms with E-state index in [1.54, 1.807) is 0 Å². The van der Waals surface area contributed by atoms with Gasteiger partial charge in [0.2, 0.25) is 0 Å². The number of rotatable bonds is 2. The highest BCUT2D eigenvalue weighted by atomic mass is 16.2. The third-order valence-electron chi connectivity index (χ3n) is 6.17. The highest BCUT2D eigenvalue weighted by Gasteiger charge is 2.50. The molecule has 0 bridgehead atoms. The zero-order chi connectivity index (χ0) is 18.0. The van der Waals surface area contributed by atoms with Crippen LogP contribution >= 0.6 is 0 Å². The molecule has 3 heteroatoms. The minimum Gasteiger partial charge on any atom is -0.331 e. The molecule has 2 aromatic carbocycles. The van der Waals surface area contributed by atoms with E-state index in [4.69, 9.17) is 0 Å². The average molecular weight is 348 g/mol. The first-order valence-electron chi connectivity index (χ1n) is 9.85. The van der Waals surface area contributed by atoms with Gasteiger partial charge in [0.1, 0.15) is 0 Å². The monoisotopic (exact) mass is 348 g/mol. The topological polar surface area (TPSA) is 32.3 Å². The molecule has 0 radical (unpaired) electrons. The van der Waals surface area contributed by atoms with Crippen molar-refractivity contribution in [1.29, 1.82) is 0 Å². The molecule has 2 heterocycles. The Kier molecular flexibility index (Phi) is 4.82. The van der Waals surface area contributed by atoms with Crippen molar-refractivity contribution in [2.24, 2.45) is 0 Å². The second kappa shape index (κ2) is 7.24. The van der Waals surface area contributed by atoms with Crippen molar-refractivity contribution >= 4 is 5.91 Å². The fourth-order valence-electron chi connectivity index (χ4n) is 4.88. The molecule has 2 aliphatic rings. The molecule has 26 heavy (non-hydrogen) atoms. The molecule has 2 aromatic rings. The Bertz CT molecular complexity index is 773. The molecule has 3 nitrogen and oxygen atoms in total. The van der Waals surface area contributed by atoms with E-state index in [-0.39, 0.29) is 11.4 Å². The standard InChI is InChI=1S/C23H28N2O/c1-18-9-8-12-20(15-18)22(26)25-14-7-3-6-13-23(25)17-24-16-21(23)19-10-4-2-5-11-19/h2,4-5,8-12,15,21,24H,3,6-7,13-14,16-17H2,1H3. The summed E-state index contributed by atoms with van der Waals surface area (Å²) >= 11 is 0. The van der Waals surface area contributed by atoms with E-state index in [1.165, 1.54) is 18.4 Å². The van der Waals surface area contributed by atoms with Gasteiger partial charge in [-0.25, -0.2) is 0 Å². The average Bonchev–Trinajstić information content (AvgIpc) is 2.97. The summed E-state index contributed by atoms with van der Waals surface area (Å²) in [5.41, 5.74) is 3.20. The van der Waals surface area contributed by atoms with Crippen LogP contribution in [0, 0.1) is 6.92 Å². The van der Waals surface area contributed by atoms with E-state index < -0.39 is 0 Å². The zero-order valence-corrected chi connectivity index (χ0v) is 15.6. The minimum absolute atomic E-state index is 0.112. The number of benzene rings is 2. The van der Waals surface area contributed by atoms with Crippen LogP contribution < -0.4 is 5.32 Å². The minimum atomic E-state index is -0.112. The van der Waals surface area contributed by atoms with Crippen LogP contribution in [0.1, 0.15) is 53.1 Å². The molecule has 136 valence electrons. The summed E-state index contributed by atoms with van der Waals surface area (Å²) in [4.78, 5) is 15.8. The maximum absolute atomic E-state index is 13.5. The number of aryl methyl sites for hydroxylation is 1. The van der Waals surface area contributed by atoms with E-state index in [0.717, 1.165) is 43.6 Å². The van der Waals surface area contributed by atoms with Gasteiger partial charge in [0.05, 0.1) is 5.54 Å². The Labute approximate surface area is 156 Å². The van der Waals surface area contributed by atoms with Crippen molar-refractivity contribution < 1.29 is 4.79 Å². The molecule has 0 aliphatic carbocycles. The smallest absolute Gasteiger partial charge is 0.254 e. The van der Waals surface area contributed by atoms with Gasteiger partial charge in [-0.2, -0.15) is 0 Å². The van der Waals surface area contributed by atoms with Crippen LogP contribution in [-0.4, -0.2) is 36.0 Å². The highest BCUT2D eigenvalue weighted by Crippen LogP contribution is 2.42. The van der Waals surface area contributed by atoms with Gasteiger partial charge in [-0.1, -0.05) is 60.9 Å². The summed E-state index contributed by atoms with van der Waals surface area (Å²) < 4.78 is 0. The Morgan fingerprint density at radius 1 is 1.08 bits per heavy atom. The first-order valence-corrected chi connectivity index (χ1v) is 9.85. The number of carbonyl (C=O) groups is 1. The molecule has 1 spiro atoms. The first kappa shape index (κ1) is 17.3. The quantitative estimate of drug-likeness (QED) is 0.885. The predicted molar refractivity (Wildman–Crippen MR) is 105 cm³/mol. The second-order valence-corrected chi connectivity index (χ2v) is 7.83. The van der Waals surface area contributed by atoms with Crippen molar-refractivity contribution in [2.45, 2.75) is 44.1 Å². The number of amides is 1. The van der Waals surface area contributed by atoms with Gasteiger partial charge in [-0.05, 0) is 37.5 Å². The number of hydrogen-bond acceptors (Lipinski definition) is 2. The first-order chi connectivity index (χ1) is 12.7. The number of likely N-dealkylation sites (tertiary alicyclic amines) is 1. The van der Waals surface area contributed by atoms with Gasteiger partial charge in [0.15, 0.2) is 0 Å². The van der Waals surface area contributed by atoms with Crippen molar-refractivity contribution in [3.63, 3.8) is 0 Å². The number of nitrogens with zero attached hydrogens (tertiary/aromatic N) is 1. The third kappa shape index (κ3) is 3.05. The summed E-state index contributed by atoms with van der Waals surface area (Å²) in [5.74, 6) is 0.552. The Morgan fingerprint density at radius 2 is 1.92 bits per heavy atom. The lowest BCUT2D eigenvalue weighted by molar-refractivity contribution is 0.0474. The van der Waals surface area contributed by atoms with E-state index >= 15 is 0 Å². The van der Waals surface area contributed by atoms with Crippen molar-refractivity contribution in [2.75, 3.05) is 19.6 Å². The van der Waals surface area contributed by atoms with Gasteiger partial charge in [-0.3, -0.25) is 4.79 Å². The molecular weight excluding hydrogens is 320 g/mol. The van der Waals surface area contributed by atoms with Crippen LogP contribution in [0.25, 0.3) is 0 Å². The van der Waals surface area contributed by atoms with Gasteiger partial charge in [-0.15, -0.1) is 0 Å². The van der Waals surface area contributed by atoms with E-state index in [0.29, 0.717) is 5.92 Å². The molecule has 2 unspecified atom stereocenters.